The fourth-order valence-electron chi connectivity index (χ4n) is 3.46. The van der Waals surface area contributed by atoms with E-state index in [4.69, 9.17) is 14.7 Å². The second-order valence-corrected chi connectivity index (χ2v) is 6.71. The van der Waals surface area contributed by atoms with E-state index in [-0.39, 0.29) is 0 Å². The van der Waals surface area contributed by atoms with Crippen molar-refractivity contribution in [1.82, 2.24) is 24.6 Å². The Morgan fingerprint density at radius 2 is 1.71 bits per heavy atom. The van der Waals surface area contributed by atoms with E-state index in [1.165, 1.54) is 0 Å². The number of pyridine rings is 1. The highest BCUT2D eigenvalue weighted by Crippen LogP contribution is 2.25. The molecule has 1 aliphatic rings. The molecule has 0 unspecified atom stereocenters. The van der Waals surface area contributed by atoms with E-state index in [1.54, 1.807) is 0 Å². The van der Waals surface area contributed by atoms with Crippen molar-refractivity contribution in [2.45, 2.75) is 6.42 Å². The van der Waals surface area contributed by atoms with Crippen LogP contribution in [0.3, 0.4) is 0 Å². The summed E-state index contributed by atoms with van der Waals surface area (Å²) in [6.45, 7) is 3.74. The van der Waals surface area contributed by atoms with Crippen LogP contribution < -0.4 is 10.2 Å². The highest BCUT2D eigenvalue weighted by atomic mass is 16.5. The Morgan fingerprint density at radius 1 is 0.929 bits per heavy atom. The molecule has 0 aliphatic carbocycles. The van der Waals surface area contributed by atoms with Gasteiger partial charge in [-0.05, 0) is 24.3 Å². The topological polar surface area (TPSA) is 80.5 Å². The summed E-state index contributed by atoms with van der Waals surface area (Å²) in [5.74, 6) is 2.60. The van der Waals surface area contributed by atoms with E-state index in [1.807, 2.05) is 53.1 Å². The molecule has 1 N–H and O–H groups in total. The molecule has 0 amide bonds. The molecule has 0 radical (unpaired) electrons. The number of fused-ring (bicyclic) bond motifs is 2. The van der Waals surface area contributed by atoms with Gasteiger partial charge in [0.25, 0.3) is 0 Å². The van der Waals surface area contributed by atoms with Gasteiger partial charge in [0.2, 0.25) is 0 Å². The van der Waals surface area contributed by atoms with E-state index in [0.29, 0.717) is 19.8 Å². The summed E-state index contributed by atoms with van der Waals surface area (Å²) in [6.07, 6.45) is 2.72. The molecular weight excluding hydrogens is 354 g/mol. The molecule has 142 valence electrons. The Morgan fingerprint density at radius 3 is 2.57 bits per heavy atom. The standard InChI is InChI=1S/C20H21N7O/c1-2-6-16-15(5-1)22-19(20(23-16)26-11-13-28-14-12-26)21-9-8-18-25-24-17-7-3-4-10-27(17)18/h1-7,10H,8-9,11-14H2,(H,21,22). The first kappa shape index (κ1) is 16.9. The van der Waals surface area contributed by atoms with Crippen molar-refractivity contribution < 1.29 is 4.74 Å². The summed E-state index contributed by atoms with van der Waals surface area (Å²) < 4.78 is 7.50. The third-order valence-corrected chi connectivity index (χ3v) is 4.89. The van der Waals surface area contributed by atoms with Gasteiger partial charge < -0.3 is 15.0 Å². The molecule has 0 atom stereocenters. The molecule has 4 aromatic rings. The molecule has 3 aromatic heterocycles. The van der Waals surface area contributed by atoms with Crippen LogP contribution >= 0.6 is 0 Å². The van der Waals surface area contributed by atoms with Gasteiger partial charge >= 0.3 is 0 Å². The molecule has 1 fully saturated rings. The Bertz CT molecular complexity index is 1100. The molecule has 8 heteroatoms. The van der Waals surface area contributed by atoms with Gasteiger partial charge in [0, 0.05) is 32.3 Å². The van der Waals surface area contributed by atoms with E-state index in [9.17, 15) is 0 Å². The number of benzene rings is 1. The number of rotatable bonds is 5. The maximum atomic E-state index is 5.49. The number of anilines is 2. The molecule has 0 saturated carbocycles. The monoisotopic (exact) mass is 375 g/mol. The summed E-state index contributed by atoms with van der Waals surface area (Å²) in [6, 6.07) is 13.9. The van der Waals surface area contributed by atoms with Gasteiger partial charge in [-0.1, -0.05) is 18.2 Å². The summed E-state index contributed by atoms with van der Waals surface area (Å²) in [5, 5.41) is 12.0. The van der Waals surface area contributed by atoms with Crippen molar-refractivity contribution in [2.75, 3.05) is 43.1 Å². The zero-order valence-corrected chi connectivity index (χ0v) is 15.5. The molecule has 4 heterocycles. The largest absolute Gasteiger partial charge is 0.378 e. The summed E-state index contributed by atoms with van der Waals surface area (Å²) in [4.78, 5) is 11.9. The van der Waals surface area contributed by atoms with Crippen molar-refractivity contribution >= 4 is 28.3 Å². The molecular formula is C20H21N7O. The van der Waals surface area contributed by atoms with Crippen LogP contribution in [0, 0.1) is 0 Å². The van der Waals surface area contributed by atoms with Crippen molar-refractivity contribution in [3.05, 3.63) is 54.5 Å². The first-order valence-electron chi connectivity index (χ1n) is 9.50. The van der Waals surface area contributed by atoms with E-state index in [0.717, 1.165) is 53.7 Å². The van der Waals surface area contributed by atoms with Crippen molar-refractivity contribution in [1.29, 1.82) is 0 Å². The van der Waals surface area contributed by atoms with Crippen LogP contribution in [0.4, 0.5) is 11.6 Å². The predicted octanol–water partition coefficient (Wildman–Crippen LogP) is 2.16. The minimum Gasteiger partial charge on any atom is -0.378 e. The summed E-state index contributed by atoms with van der Waals surface area (Å²) in [5.41, 5.74) is 2.64. The Kier molecular flexibility index (Phi) is 4.46. The fourth-order valence-corrected chi connectivity index (χ4v) is 3.46. The number of hydrogen-bond acceptors (Lipinski definition) is 7. The van der Waals surface area contributed by atoms with Crippen molar-refractivity contribution in [3.63, 3.8) is 0 Å². The van der Waals surface area contributed by atoms with E-state index in [2.05, 4.69) is 20.4 Å². The quantitative estimate of drug-likeness (QED) is 0.572. The lowest BCUT2D eigenvalue weighted by molar-refractivity contribution is 0.122. The average Bonchev–Trinajstić information content (AvgIpc) is 3.17. The highest BCUT2D eigenvalue weighted by molar-refractivity contribution is 5.80. The number of ether oxygens (including phenoxy) is 1. The summed E-state index contributed by atoms with van der Waals surface area (Å²) >= 11 is 0. The minimum atomic E-state index is 0.694. The first-order valence-corrected chi connectivity index (χ1v) is 9.50. The number of aromatic nitrogens is 5. The fraction of sp³-hybridized carbons (Fsp3) is 0.300. The number of nitrogens with one attached hydrogen (secondary N) is 1. The van der Waals surface area contributed by atoms with Gasteiger partial charge in [-0.15, -0.1) is 10.2 Å². The Labute approximate surface area is 162 Å². The first-order chi connectivity index (χ1) is 13.9. The Balaban J connectivity index is 1.40. The SMILES string of the molecule is c1ccc2nc(N3CCOCC3)c(NCCc3nnc4ccccn34)nc2c1. The van der Waals surface area contributed by atoms with Crippen molar-refractivity contribution in [2.24, 2.45) is 0 Å². The molecule has 0 spiro atoms. The van der Waals surface area contributed by atoms with Crippen LogP contribution in [0.5, 0.6) is 0 Å². The molecule has 0 bridgehead atoms. The molecule has 28 heavy (non-hydrogen) atoms. The third kappa shape index (κ3) is 3.22. The normalized spacial score (nSPS) is 14.6. The second-order valence-electron chi connectivity index (χ2n) is 6.71. The Hall–Kier alpha value is -3.26. The third-order valence-electron chi connectivity index (χ3n) is 4.89. The molecule has 5 rings (SSSR count). The van der Waals surface area contributed by atoms with Crippen molar-refractivity contribution in [3.8, 4) is 0 Å². The van der Waals surface area contributed by atoms with E-state index < -0.39 is 0 Å². The molecule has 1 aromatic carbocycles. The highest BCUT2D eigenvalue weighted by Gasteiger charge is 2.18. The maximum Gasteiger partial charge on any atom is 0.172 e. The maximum absolute atomic E-state index is 5.49. The molecule has 1 saturated heterocycles. The smallest absolute Gasteiger partial charge is 0.172 e. The van der Waals surface area contributed by atoms with Gasteiger partial charge in [0.1, 0.15) is 5.82 Å². The average molecular weight is 375 g/mol. The lowest BCUT2D eigenvalue weighted by Crippen LogP contribution is -2.37. The molecule has 1 aliphatic heterocycles. The minimum absolute atomic E-state index is 0.694. The van der Waals surface area contributed by atoms with Crippen LogP contribution in [0.25, 0.3) is 16.7 Å². The summed E-state index contributed by atoms with van der Waals surface area (Å²) in [7, 11) is 0. The van der Waals surface area contributed by atoms with Crippen LogP contribution in [0.15, 0.2) is 48.7 Å². The van der Waals surface area contributed by atoms with Gasteiger partial charge in [0.15, 0.2) is 17.3 Å². The lowest BCUT2D eigenvalue weighted by atomic mass is 10.3. The van der Waals surface area contributed by atoms with Gasteiger partial charge in [-0.25, -0.2) is 9.97 Å². The zero-order chi connectivity index (χ0) is 18.8. The van der Waals surface area contributed by atoms with Gasteiger partial charge in [-0.2, -0.15) is 0 Å². The number of nitrogens with zero attached hydrogens (tertiary/aromatic N) is 6. The number of hydrogen-bond donors (Lipinski definition) is 1. The molecule has 8 nitrogen and oxygen atoms in total. The number of para-hydroxylation sites is 2. The van der Waals surface area contributed by atoms with Crippen LogP contribution in [-0.4, -0.2) is 57.4 Å². The van der Waals surface area contributed by atoms with Gasteiger partial charge in [0.05, 0.1) is 24.2 Å². The second kappa shape index (κ2) is 7.40. The van der Waals surface area contributed by atoms with E-state index >= 15 is 0 Å². The number of morpholine rings is 1. The van der Waals surface area contributed by atoms with Crippen LogP contribution in [-0.2, 0) is 11.2 Å². The lowest BCUT2D eigenvalue weighted by Gasteiger charge is -2.29. The van der Waals surface area contributed by atoms with Gasteiger partial charge in [-0.3, -0.25) is 4.40 Å². The zero-order valence-electron chi connectivity index (χ0n) is 15.5. The predicted molar refractivity (Wildman–Crippen MR) is 108 cm³/mol. The van der Waals surface area contributed by atoms with Crippen LogP contribution in [0.1, 0.15) is 5.82 Å². The van der Waals surface area contributed by atoms with Crippen LogP contribution in [0.2, 0.25) is 0 Å².